The van der Waals surface area contributed by atoms with Gasteiger partial charge in [0.1, 0.15) is 18.2 Å². The van der Waals surface area contributed by atoms with E-state index in [-0.39, 0.29) is 33.0 Å². The Kier molecular flexibility index (Phi) is 5.88. The molecule has 1 amide bonds. The topological polar surface area (TPSA) is 129 Å². The summed E-state index contributed by atoms with van der Waals surface area (Å²) >= 11 is 0. The van der Waals surface area contributed by atoms with Crippen LogP contribution in [-0.2, 0) is 0 Å². The Labute approximate surface area is 188 Å². The monoisotopic (exact) mass is 444 g/mol. The van der Waals surface area contributed by atoms with Crippen molar-refractivity contribution >= 4 is 34.3 Å². The molecule has 2 aromatic carbocycles. The first-order valence-electron chi connectivity index (χ1n) is 9.96. The fraction of sp³-hybridized carbons (Fsp3) is 0.0833. The number of hydrogen-bond donors (Lipinski definition) is 2. The molecule has 9 nitrogen and oxygen atoms in total. The smallest absolute Gasteiger partial charge is 0.259 e. The number of ketones is 1. The molecule has 3 N–H and O–H groups in total. The number of rotatable bonds is 7. The van der Waals surface area contributed by atoms with Crippen molar-refractivity contribution in [2.75, 3.05) is 24.9 Å². The van der Waals surface area contributed by atoms with Gasteiger partial charge in [-0.25, -0.2) is 0 Å². The van der Waals surface area contributed by atoms with Gasteiger partial charge in [0, 0.05) is 39.2 Å². The molecule has 2 heterocycles. The highest BCUT2D eigenvalue weighted by Gasteiger charge is 2.27. The van der Waals surface area contributed by atoms with Gasteiger partial charge in [0.2, 0.25) is 5.78 Å². The normalized spacial score (nSPS) is 10.7. The van der Waals surface area contributed by atoms with Crippen LogP contribution in [-0.4, -0.2) is 34.7 Å². The number of fused-ring (bicyclic) bond motifs is 1. The van der Waals surface area contributed by atoms with E-state index >= 15 is 0 Å². The first-order chi connectivity index (χ1) is 15.9. The second-order valence-electron chi connectivity index (χ2n) is 7.16. The number of methoxy groups -OCH3 is 1. The average molecular weight is 444 g/mol. The first kappa shape index (κ1) is 21.7. The third-order valence-electron chi connectivity index (χ3n) is 5.18. The highest BCUT2D eigenvalue weighted by molar-refractivity contribution is 6.20. The number of benzene rings is 2. The second kappa shape index (κ2) is 8.93. The molecule has 2 aromatic heterocycles. The number of amides is 1. The molecule has 4 aromatic rings. The van der Waals surface area contributed by atoms with Crippen molar-refractivity contribution in [2.45, 2.75) is 0 Å². The Morgan fingerprint density at radius 1 is 1.09 bits per heavy atom. The van der Waals surface area contributed by atoms with Crippen LogP contribution in [0.25, 0.3) is 5.52 Å². The minimum Gasteiger partial charge on any atom is -0.797 e. The fourth-order valence-electron chi connectivity index (χ4n) is 3.58. The van der Waals surface area contributed by atoms with Crippen LogP contribution in [0.4, 0.5) is 17.1 Å². The molecule has 0 aliphatic carbocycles. The lowest BCUT2D eigenvalue weighted by molar-refractivity contribution is -0.639. The van der Waals surface area contributed by atoms with Gasteiger partial charge >= 0.3 is 0 Å². The van der Waals surface area contributed by atoms with E-state index < -0.39 is 18.4 Å². The van der Waals surface area contributed by atoms with E-state index in [4.69, 9.17) is 10.5 Å². The predicted octanol–water partition coefficient (Wildman–Crippen LogP) is 2.74. The summed E-state index contributed by atoms with van der Waals surface area (Å²) < 4.78 is 6.90. The number of aromatic nitrogens is 1. The summed E-state index contributed by atoms with van der Waals surface area (Å²) in [5.74, 6) is -0.324. The van der Waals surface area contributed by atoms with Crippen LogP contribution < -0.4 is 20.9 Å². The number of anilines is 2. The molecule has 0 aliphatic heterocycles. The lowest BCUT2D eigenvalue weighted by Gasteiger charge is -2.07. The van der Waals surface area contributed by atoms with Crippen molar-refractivity contribution in [1.29, 1.82) is 0 Å². The number of nitrogen functional groups attached to an aromatic ring is 1. The molecular formula is C24H20N4O5. The fourth-order valence-corrected chi connectivity index (χ4v) is 3.58. The Bertz CT molecular complexity index is 1380. The molecule has 0 unspecified atom stereocenters. The molecule has 0 bridgehead atoms. The molecule has 33 heavy (non-hydrogen) atoms. The van der Waals surface area contributed by atoms with Gasteiger partial charge in [-0.05, 0) is 36.4 Å². The predicted molar refractivity (Wildman–Crippen MR) is 121 cm³/mol. The van der Waals surface area contributed by atoms with Gasteiger partial charge in [-0.3, -0.25) is 9.59 Å². The summed E-state index contributed by atoms with van der Waals surface area (Å²) in [6.07, 6.45) is 1.63. The number of nitrogens with zero attached hydrogens (tertiary/aromatic N) is 2. The minimum atomic E-state index is -0.997. The number of nitrogens with two attached hydrogens (primary N) is 1. The maximum absolute atomic E-state index is 13.4. The van der Waals surface area contributed by atoms with Crippen molar-refractivity contribution < 1.29 is 24.2 Å². The lowest BCUT2D eigenvalue weighted by Crippen LogP contribution is -2.17. The lowest BCUT2D eigenvalue weighted by atomic mass is 10.1. The molecule has 4 rings (SSSR count). The summed E-state index contributed by atoms with van der Waals surface area (Å²) in [5, 5.41) is 13.7. The van der Waals surface area contributed by atoms with Crippen molar-refractivity contribution in [3.05, 3.63) is 94.7 Å². The van der Waals surface area contributed by atoms with Crippen LogP contribution in [0.2, 0.25) is 0 Å². The van der Waals surface area contributed by atoms with E-state index in [9.17, 15) is 19.6 Å². The van der Waals surface area contributed by atoms with Crippen molar-refractivity contribution in [3.8, 4) is 5.75 Å². The molecule has 0 spiro atoms. The molecule has 166 valence electrons. The van der Waals surface area contributed by atoms with Crippen molar-refractivity contribution in [3.63, 3.8) is 0 Å². The number of ether oxygens (including phenoxy) is 1. The summed E-state index contributed by atoms with van der Waals surface area (Å²) in [4.78, 5) is 38.2. The SMILES string of the molecule is COc1ccc(NC(=O)c2c(N)c(C(=O)c3cccc([N+](=O)C[O-])c3)n3ccccc23)cc1. The minimum absolute atomic E-state index is 0.00502. The molecule has 0 radical (unpaired) electrons. The molecule has 0 saturated heterocycles. The Hall–Kier alpha value is -4.50. The van der Waals surface area contributed by atoms with E-state index in [1.807, 2.05) is 0 Å². The summed E-state index contributed by atoms with van der Waals surface area (Å²) in [7, 11) is 1.55. The van der Waals surface area contributed by atoms with Crippen LogP contribution in [0, 0.1) is 4.91 Å². The van der Waals surface area contributed by atoms with Crippen LogP contribution in [0.1, 0.15) is 26.4 Å². The van der Waals surface area contributed by atoms with E-state index in [1.165, 1.54) is 28.7 Å². The number of pyridine rings is 1. The van der Waals surface area contributed by atoms with Gasteiger partial charge in [-0.15, -0.1) is 0 Å². The van der Waals surface area contributed by atoms with E-state index in [1.54, 1.807) is 55.8 Å². The highest BCUT2D eigenvalue weighted by Crippen LogP contribution is 2.30. The third kappa shape index (κ3) is 4.04. The standard InChI is InChI=1S/C24H20N4O5/c1-33-18-10-8-16(9-11-18)26-24(31)20-19-7-2-3-12-27(19)22(21(20)25)23(30)15-5-4-6-17(13-15)28(32)14-29/h2-13H,14,25H2,1H3,(H,26,31). The quantitative estimate of drug-likeness (QED) is 0.256. The van der Waals surface area contributed by atoms with Gasteiger partial charge in [-0.2, -0.15) is 0 Å². The van der Waals surface area contributed by atoms with E-state index in [0.717, 1.165) is 0 Å². The number of hydrogen-bond acceptors (Lipinski definition) is 6. The Morgan fingerprint density at radius 3 is 2.55 bits per heavy atom. The van der Waals surface area contributed by atoms with E-state index in [2.05, 4.69) is 5.32 Å². The molecule has 0 fully saturated rings. The number of carbonyl (C=O) groups excluding carboxylic acids is 2. The molecule has 9 heteroatoms. The van der Waals surface area contributed by atoms with Crippen molar-refractivity contribution in [2.24, 2.45) is 0 Å². The zero-order valence-electron chi connectivity index (χ0n) is 17.6. The van der Waals surface area contributed by atoms with Crippen molar-refractivity contribution in [1.82, 2.24) is 4.40 Å². The maximum atomic E-state index is 13.4. The van der Waals surface area contributed by atoms with Gasteiger partial charge in [0.25, 0.3) is 11.6 Å². The first-order valence-corrected chi connectivity index (χ1v) is 9.96. The largest absolute Gasteiger partial charge is 0.797 e. The molecule has 0 aliphatic rings. The van der Waals surface area contributed by atoms with Crippen LogP contribution >= 0.6 is 0 Å². The summed E-state index contributed by atoms with van der Waals surface area (Å²) in [6.45, 7) is -0.997. The molecular weight excluding hydrogens is 424 g/mol. The van der Waals surface area contributed by atoms with Crippen LogP contribution in [0.15, 0.2) is 72.9 Å². The second-order valence-corrected chi connectivity index (χ2v) is 7.16. The molecule has 0 saturated carbocycles. The maximum Gasteiger partial charge on any atom is 0.259 e. The Morgan fingerprint density at radius 2 is 1.85 bits per heavy atom. The van der Waals surface area contributed by atoms with Crippen LogP contribution in [0.5, 0.6) is 5.75 Å². The van der Waals surface area contributed by atoms with Gasteiger partial charge in [-0.1, -0.05) is 18.2 Å². The van der Waals surface area contributed by atoms with E-state index in [0.29, 0.717) is 17.0 Å². The van der Waals surface area contributed by atoms with Gasteiger partial charge < -0.3 is 25.3 Å². The average Bonchev–Trinajstić information content (AvgIpc) is 3.15. The van der Waals surface area contributed by atoms with Crippen LogP contribution in [0.3, 0.4) is 0 Å². The number of carbonyl (C=O) groups is 2. The Balaban J connectivity index is 1.76. The zero-order valence-corrected chi connectivity index (χ0v) is 17.6. The zero-order chi connectivity index (χ0) is 23.5. The van der Waals surface area contributed by atoms with Gasteiger partial charge in [0.05, 0.1) is 23.9 Å². The third-order valence-corrected chi connectivity index (χ3v) is 5.18. The molecule has 0 atom stereocenters. The summed E-state index contributed by atoms with van der Waals surface area (Å²) in [6, 6.07) is 17.7. The van der Waals surface area contributed by atoms with Gasteiger partial charge in [0.15, 0.2) is 0 Å². The number of nitrogens with one attached hydrogen (secondary N) is 1. The number of nitroso groups, excluding NO2 is 1. The highest BCUT2D eigenvalue weighted by atomic mass is 16.5. The summed E-state index contributed by atoms with van der Waals surface area (Å²) in [5.41, 5.74) is 7.78.